The van der Waals surface area contributed by atoms with E-state index in [4.69, 9.17) is 0 Å². The van der Waals surface area contributed by atoms with Crippen LogP contribution in [0, 0.1) is 6.92 Å². The maximum atomic E-state index is 11.2. The van der Waals surface area contributed by atoms with E-state index >= 15 is 0 Å². The van der Waals surface area contributed by atoms with Gasteiger partial charge in [-0.3, -0.25) is 9.59 Å². The average molecular weight is 207 g/mol. The molecule has 0 heterocycles. The van der Waals surface area contributed by atoms with Gasteiger partial charge in [-0.15, -0.1) is 0 Å². The number of rotatable bonds is 3. The molecule has 4 heteroatoms. The summed E-state index contributed by atoms with van der Waals surface area (Å²) in [4.78, 5) is 21.7. The molecule has 1 aromatic rings. The fourth-order valence-corrected chi connectivity index (χ4v) is 1.00. The van der Waals surface area contributed by atoms with Crippen molar-refractivity contribution in [2.45, 2.75) is 13.8 Å². The molecule has 0 atom stereocenters. The van der Waals surface area contributed by atoms with Crippen LogP contribution in [0.25, 0.3) is 0 Å². The van der Waals surface area contributed by atoms with Crippen molar-refractivity contribution in [2.24, 2.45) is 0 Å². The van der Waals surface area contributed by atoms with Gasteiger partial charge in [-0.2, -0.15) is 0 Å². The number of hydrogen-bond acceptors (Lipinski definition) is 3. The lowest BCUT2D eigenvalue weighted by Crippen LogP contribution is -2.19. The van der Waals surface area contributed by atoms with Crippen LogP contribution in [-0.2, 0) is 14.3 Å². The van der Waals surface area contributed by atoms with Gasteiger partial charge < -0.3 is 10.1 Å². The molecule has 0 spiro atoms. The number of anilines is 1. The van der Waals surface area contributed by atoms with E-state index < -0.39 is 5.97 Å². The number of hydrogen-bond donors (Lipinski definition) is 1. The van der Waals surface area contributed by atoms with Crippen molar-refractivity contribution in [3.8, 4) is 0 Å². The van der Waals surface area contributed by atoms with E-state index in [1.54, 1.807) is 12.1 Å². The number of esters is 1. The zero-order chi connectivity index (χ0) is 11.3. The van der Waals surface area contributed by atoms with Crippen LogP contribution in [0.15, 0.2) is 24.3 Å². The maximum absolute atomic E-state index is 11.2. The monoisotopic (exact) mass is 207 g/mol. The molecule has 1 amide bonds. The van der Waals surface area contributed by atoms with Crippen LogP contribution in [0.4, 0.5) is 5.69 Å². The second kappa shape index (κ2) is 5.14. The summed E-state index contributed by atoms with van der Waals surface area (Å²) in [6, 6.07) is 7.37. The topological polar surface area (TPSA) is 55.4 Å². The standard InChI is InChI=1S/C11H13NO3/c1-8-3-5-10(6-4-8)12-11(14)7-15-9(2)13/h3-6H,7H2,1-2H3,(H,12,14). The van der Waals surface area contributed by atoms with E-state index in [1.165, 1.54) is 6.92 Å². The highest BCUT2D eigenvalue weighted by Gasteiger charge is 2.03. The molecule has 4 nitrogen and oxygen atoms in total. The number of carbonyl (C=O) groups excluding carboxylic acids is 2. The molecule has 1 N–H and O–H groups in total. The summed E-state index contributed by atoms with van der Waals surface area (Å²) >= 11 is 0. The van der Waals surface area contributed by atoms with Crippen molar-refractivity contribution in [1.82, 2.24) is 0 Å². The van der Waals surface area contributed by atoms with Crippen LogP contribution in [0.2, 0.25) is 0 Å². The third-order valence-electron chi connectivity index (χ3n) is 1.74. The Morgan fingerprint density at radius 2 is 1.87 bits per heavy atom. The van der Waals surface area contributed by atoms with Crippen LogP contribution in [0.1, 0.15) is 12.5 Å². The first-order valence-electron chi connectivity index (χ1n) is 4.58. The molecule has 0 saturated carbocycles. The molecule has 1 rings (SSSR count). The molecule has 1 aromatic carbocycles. The van der Waals surface area contributed by atoms with Crippen LogP contribution in [-0.4, -0.2) is 18.5 Å². The van der Waals surface area contributed by atoms with Crippen molar-refractivity contribution < 1.29 is 14.3 Å². The molecule has 80 valence electrons. The van der Waals surface area contributed by atoms with E-state index in [9.17, 15) is 9.59 Å². The SMILES string of the molecule is CC(=O)OCC(=O)Nc1ccc(C)cc1. The summed E-state index contributed by atoms with van der Waals surface area (Å²) in [5.74, 6) is -0.803. The van der Waals surface area contributed by atoms with Gasteiger partial charge in [0.05, 0.1) is 0 Å². The normalized spacial score (nSPS) is 9.47. The van der Waals surface area contributed by atoms with Gasteiger partial charge in [-0.25, -0.2) is 0 Å². The predicted molar refractivity (Wildman–Crippen MR) is 56.4 cm³/mol. The molecular formula is C11H13NO3. The first kappa shape index (κ1) is 11.2. The molecule has 0 aliphatic heterocycles. The Balaban J connectivity index is 2.44. The minimum Gasteiger partial charge on any atom is -0.456 e. The minimum absolute atomic E-state index is 0.247. The molecule has 0 aliphatic carbocycles. The second-order valence-corrected chi connectivity index (χ2v) is 3.19. The zero-order valence-electron chi connectivity index (χ0n) is 8.74. The van der Waals surface area contributed by atoms with Gasteiger partial charge in [-0.1, -0.05) is 17.7 Å². The molecule has 0 aliphatic rings. The largest absolute Gasteiger partial charge is 0.456 e. The molecule has 0 saturated heterocycles. The quantitative estimate of drug-likeness (QED) is 0.764. The summed E-state index contributed by atoms with van der Waals surface area (Å²) in [6.45, 7) is 2.98. The van der Waals surface area contributed by atoms with Gasteiger partial charge in [0, 0.05) is 12.6 Å². The van der Waals surface area contributed by atoms with Crippen LogP contribution < -0.4 is 5.32 Å². The van der Waals surface area contributed by atoms with E-state index in [-0.39, 0.29) is 12.5 Å². The third kappa shape index (κ3) is 4.26. The van der Waals surface area contributed by atoms with E-state index in [0.29, 0.717) is 5.69 Å². The van der Waals surface area contributed by atoms with Crippen molar-refractivity contribution in [1.29, 1.82) is 0 Å². The van der Waals surface area contributed by atoms with Gasteiger partial charge in [-0.05, 0) is 19.1 Å². The number of benzene rings is 1. The predicted octanol–water partition coefficient (Wildman–Crippen LogP) is 1.50. The fourth-order valence-electron chi connectivity index (χ4n) is 1.00. The lowest BCUT2D eigenvalue weighted by molar-refractivity contribution is -0.144. The Labute approximate surface area is 88.2 Å². The summed E-state index contributed by atoms with van der Waals surface area (Å²) in [6.07, 6.45) is 0. The maximum Gasteiger partial charge on any atom is 0.303 e. The number of amides is 1. The molecule has 0 unspecified atom stereocenters. The average Bonchev–Trinajstić information content (AvgIpc) is 2.19. The summed E-state index contributed by atoms with van der Waals surface area (Å²) < 4.78 is 4.55. The molecule has 0 bridgehead atoms. The Morgan fingerprint density at radius 1 is 1.27 bits per heavy atom. The zero-order valence-corrected chi connectivity index (χ0v) is 8.74. The minimum atomic E-state index is -0.464. The lowest BCUT2D eigenvalue weighted by atomic mass is 10.2. The second-order valence-electron chi connectivity index (χ2n) is 3.19. The Morgan fingerprint density at radius 3 is 2.40 bits per heavy atom. The Kier molecular flexibility index (Phi) is 3.85. The van der Waals surface area contributed by atoms with Crippen LogP contribution in [0.3, 0.4) is 0 Å². The first-order valence-corrected chi connectivity index (χ1v) is 4.58. The number of ether oxygens (including phenoxy) is 1. The van der Waals surface area contributed by atoms with Gasteiger partial charge in [0.1, 0.15) is 0 Å². The van der Waals surface area contributed by atoms with E-state index in [2.05, 4.69) is 10.1 Å². The number of nitrogens with one attached hydrogen (secondary N) is 1. The molecule has 0 fully saturated rings. The van der Waals surface area contributed by atoms with Crippen molar-refractivity contribution in [3.63, 3.8) is 0 Å². The van der Waals surface area contributed by atoms with E-state index in [1.807, 2.05) is 19.1 Å². The lowest BCUT2D eigenvalue weighted by Gasteiger charge is -2.05. The Bertz CT molecular complexity index is 357. The van der Waals surface area contributed by atoms with Gasteiger partial charge in [0.15, 0.2) is 6.61 Å². The van der Waals surface area contributed by atoms with Crippen LogP contribution >= 0.6 is 0 Å². The van der Waals surface area contributed by atoms with Crippen molar-refractivity contribution in [3.05, 3.63) is 29.8 Å². The summed E-state index contributed by atoms with van der Waals surface area (Å²) in [7, 11) is 0. The van der Waals surface area contributed by atoms with Crippen molar-refractivity contribution >= 4 is 17.6 Å². The summed E-state index contributed by atoms with van der Waals surface area (Å²) in [5, 5.41) is 2.61. The number of aryl methyl sites for hydroxylation is 1. The fraction of sp³-hybridized carbons (Fsp3) is 0.273. The number of carbonyl (C=O) groups is 2. The molecule has 0 aromatic heterocycles. The molecule has 0 radical (unpaired) electrons. The van der Waals surface area contributed by atoms with Gasteiger partial charge >= 0.3 is 5.97 Å². The first-order chi connectivity index (χ1) is 7.08. The van der Waals surface area contributed by atoms with Crippen LogP contribution in [0.5, 0.6) is 0 Å². The highest BCUT2D eigenvalue weighted by molar-refractivity contribution is 5.92. The highest BCUT2D eigenvalue weighted by Crippen LogP contribution is 2.08. The third-order valence-corrected chi connectivity index (χ3v) is 1.74. The Hall–Kier alpha value is -1.84. The van der Waals surface area contributed by atoms with Crippen molar-refractivity contribution in [2.75, 3.05) is 11.9 Å². The van der Waals surface area contributed by atoms with E-state index in [0.717, 1.165) is 5.56 Å². The summed E-state index contributed by atoms with van der Waals surface area (Å²) in [5.41, 5.74) is 1.81. The van der Waals surface area contributed by atoms with Gasteiger partial charge in [0.2, 0.25) is 0 Å². The highest BCUT2D eigenvalue weighted by atomic mass is 16.5. The molecular weight excluding hydrogens is 194 g/mol. The molecule has 15 heavy (non-hydrogen) atoms. The van der Waals surface area contributed by atoms with Gasteiger partial charge in [0.25, 0.3) is 5.91 Å². The smallest absolute Gasteiger partial charge is 0.303 e.